The Balaban J connectivity index is 2.01. The summed E-state index contributed by atoms with van der Waals surface area (Å²) in [7, 11) is 0. The van der Waals surface area contributed by atoms with E-state index in [4.69, 9.17) is 11.6 Å². The van der Waals surface area contributed by atoms with Crippen LogP contribution in [-0.4, -0.2) is 9.78 Å². The summed E-state index contributed by atoms with van der Waals surface area (Å²) in [6.45, 7) is 0. The van der Waals surface area contributed by atoms with Gasteiger partial charge in [-0.05, 0) is 31.0 Å². The van der Waals surface area contributed by atoms with Crippen molar-refractivity contribution in [1.82, 2.24) is 9.78 Å². The molecule has 3 rings (SSSR count). The smallest absolute Gasteiger partial charge is 0.267 e. The van der Waals surface area contributed by atoms with Gasteiger partial charge in [-0.3, -0.25) is 4.79 Å². The summed E-state index contributed by atoms with van der Waals surface area (Å²) < 4.78 is 1.65. The molecule has 0 atom stereocenters. The maximum absolute atomic E-state index is 11.9. The third kappa shape index (κ3) is 2.56. The zero-order chi connectivity index (χ0) is 13.2. The highest BCUT2D eigenvalue weighted by molar-refractivity contribution is 6.30. The van der Waals surface area contributed by atoms with E-state index in [0.717, 1.165) is 24.1 Å². The van der Waals surface area contributed by atoms with Gasteiger partial charge in [-0.15, -0.1) is 0 Å². The minimum atomic E-state index is -0.00962. The summed E-state index contributed by atoms with van der Waals surface area (Å²) in [6, 6.07) is 11.2. The van der Waals surface area contributed by atoms with Gasteiger partial charge >= 0.3 is 0 Å². The Morgan fingerprint density at radius 3 is 2.42 bits per heavy atom. The normalized spacial score (nSPS) is 15.8. The van der Waals surface area contributed by atoms with Gasteiger partial charge in [0.25, 0.3) is 5.56 Å². The average molecular weight is 275 g/mol. The van der Waals surface area contributed by atoms with Crippen LogP contribution in [0.4, 0.5) is 0 Å². The van der Waals surface area contributed by atoms with Crippen molar-refractivity contribution >= 4 is 11.6 Å². The lowest BCUT2D eigenvalue weighted by Crippen LogP contribution is -2.25. The number of hydrogen-bond acceptors (Lipinski definition) is 2. The summed E-state index contributed by atoms with van der Waals surface area (Å²) in [5.41, 5.74) is 1.80. The molecule has 0 aliphatic heterocycles. The first-order valence-corrected chi connectivity index (χ1v) is 6.98. The highest BCUT2D eigenvalue weighted by atomic mass is 35.5. The Hall–Kier alpha value is -1.61. The Morgan fingerprint density at radius 2 is 1.74 bits per heavy atom. The second kappa shape index (κ2) is 5.17. The molecule has 0 saturated heterocycles. The van der Waals surface area contributed by atoms with E-state index in [1.54, 1.807) is 16.8 Å². The Bertz CT molecular complexity index is 627. The van der Waals surface area contributed by atoms with Crippen LogP contribution >= 0.6 is 11.6 Å². The van der Waals surface area contributed by atoms with E-state index in [-0.39, 0.29) is 11.6 Å². The number of rotatable bonds is 2. The monoisotopic (exact) mass is 274 g/mol. The van der Waals surface area contributed by atoms with Crippen LogP contribution in [0.15, 0.2) is 41.2 Å². The molecule has 0 N–H and O–H groups in total. The molecule has 4 heteroatoms. The van der Waals surface area contributed by atoms with Crippen LogP contribution in [-0.2, 0) is 0 Å². The van der Waals surface area contributed by atoms with Crippen molar-refractivity contribution < 1.29 is 0 Å². The van der Waals surface area contributed by atoms with Gasteiger partial charge < -0.3 is 0 Å². The zero-order valence-corrected chi connectivity index (χ0v) is 11.3. The molecule has 1 aromatic heterocycles. The lowest BCUT2D eigenvalue weighted by Gasteiger charge is -2.13. The van der Waals surface area contributed by atoms with Gasteiger partial charge in [0, 0.05) is 16.7 Å². The SMILES string of the molecule is O=c1ccc(-c2ccc(Cl)cc2)nn1C1CCCC1. The predicted molar refractivity (Wildman–Crippen MR) is 76.4 cm³/mol. The van der Waals surface area contributed by atoms with Crippen LogP contribution in [0.3, 0.4) is 0 Å². The van der Waals surface area contributed by atoms with E-state index in [1.807, 2.05) is 24.3 Å². The standard InChI is InChI=1S/C15H15ClN2O/c16-12-7-5-11(6-8-12)14-9-10-15(19)18(17-14)13-3-1-2-4-13/h5-10,13H,1-4H2. The lowest BCUT2D eigenvalue weighted by atomic mass is 10.1. The summed E-state index contributed by atoms with van der Waals surface area (Å²) in [4.78, 5) is 11.9. The van der Waals surface area contributed by atoms with E-state index in [2.05, 4.69) is 5.10 Å². The van der Waals surface area contributed by atoms with Gasteiger partial charge in [-0.2, -0.15) is 5.10 Å². The van der Waals surface area contributed by atoms with E-state index < -0.39 is 0 Å². The van der Waals surface area contributed by atoms with Crippen LogP contribution in [0.2, 0.25) is 5.02 Å². The van der Waals surface area contributed by atoms with Crippen molar-refractivity contribution in [2.75, 3.05) is 0 Å². The topological polar surface area (TPSA) is 34.9 Å². The molecule has 0 unspecified atom stereocenters. The van der Waals surface area contributed by atoms with Gasteiger partial charge in [-0.25, -0.2) is 4.68 Å². The molecule has 1 aliphatic carbocycles. The molecule has 0 amide bonds. The minimum absolute atomic E-state index is 0.00962. The Morgan fingerprint density at radius 1 is 1.05 bits per heavy atom. The minimum Gasteiger partial charge on any atom is -0.268 e. The van der Waals surface area contributed by atoms with Gasteiger partial charge in [0.15, 0.2) is 0 Å². The van der Waals surface area contributed by atoms with Crippen molar-refractivity contribution in [2.45, 2.75) is 31.7 Å². The van der Waals surface area contributed by atoms with Crippen molar-refractivity contribution in [1.29, 1.82) is 0 Å². The summed E-state index contributed by atoms with van der Waals surface area (Å²) in [5.74, 6) is 0. The molecule has 1 heterocycles. The van der Waals surface area contributed by atoms with Gasteiger partial charge in [0.2, 0.25) is 0 Å². The number of hydrogen-bond donors (Lipinski definition) is 0. The Kier molecular flexibility index (Phi) is 3.38. The van der Waals surface area contributed by atoms with Crippen LogP contribution in [0, 0.1) is 0 Å². The van der Waals surface area contributed by atoms with Crippen LogP contribution < -0.4 is 5.56 Å². The van der Waals surface area contributed by atoms with E-state index >= 15 is 0 Å². The lowest BCUT2D eigenvalue weighted by molar-refractivity contribution is 0.445. The van der Waals surface area contributed by atoms with Crippen LogP contribution in [0.5, 0.6) is 0 Å². The van der Waals surface area contributed by atoms with Crippen LogP contribution in [0.25, 0.3) is 11.3 Å². The molecule has 2 aromatic rings. The molecule has 1 saturated carbocycles. The number of benzene rings is 1. The largest absolute Gasteiger partial charge is 0.268 e. The maximum atomic E-state index is 11.9. The fraction of sp³-hybridized carbons (Fsp3) is 0.333. The molecule has 3 nitrogen and oxygen atoms in total. The average Bonchev–Trinajstić information content (AvgIpc) is 2.94. The predicted octanol–water partition coefficient (Wildman–Crippen LogP) is 3.68. The molecule has 19 heavy (non-hydrogen) atoms. The second-order valence-electron chi connectivity index (χ2n) is 4.95. The van der Waals surface area contributed by atoms with E-state index in [1.165, 1.54) is 12.8 Å². The highest BCUT2D eigenvalue weighted by Crippen LogP contribution is 2.28. The van der Waals surface area contributed by atoms with Crippen molar-refractivity contribution in [3.63, 3.8) is 0 Å². The van der Waals surface area contributed by atoms with E-state index in [0.29, 0.717) is 5.02 Å². The fourth-order valence-corrected chi connectivity index (χ4v) is 2.74. The third-order valence-corrected chi connectivity index (χ3v) is 3.89. The van der Waals surface area contributed by atoms with Gasteiger partial charge in [0.05, 0.1) is 11.7 Å². The number of aromatic nitrogens is 2. The van der Waals surface area contributed by atoms with E-state index in [9.17, 15) is 4.79 Å². The summed E-state index contributed by atoms with van der Waals surface area (Å²) in [5, 5.41) is 5.22. The third-order valence-electron chi connectivity index (χ3n) is 3.64. The molecule has 1 aromatic carbocycles. The molecule has 0 radical (unpaired) electrons. The molecule has 0 bridgehead atoms. The highest BCUT2D eigenvalue weighted by Gasteiger charge is 2.19. The van der Waals surface area contributed by atoms with Gasteiger partial charge in [-0.1, -0.05) is 36.6 Å². The molecule has 0 spiro atoms. The zero-order valence-electron chi connectivity index (χ0n) is 10.6. The maximum Gasteiger partial charge on any atom is 0.267 e. The molecule has 1 fully saturated rings. The fourth-order valence-electron chi connectivity index (χ4n) is 2.61. The molecular weight excluding hydrogens is 260 g/mol. The molecule has 1 aliphatic rings. The van der Waals surface area contributed by atoms with Crippen molar-refractivity contribution in [3.8, 4) is 11.3 Å². The van der Waals surface area contributed by atoms with Crippen molar-refractivity contribution in [3.05, 3.63) is 51.8 Å². The van der Waals surface area contributed by atoms with Crippen LogP contribution in [0.1, 0.15) is 31.7 Å². The molecule has 98 valence electrons. The quantitative estimate of drug-likeness (QED) is 0.837. The summed E-state index contributed by atoms with van der Waals surface area (Å²) in [6.07, 6.45) is 4.47. The summed E-state index contributed by atoms with van der Waals surface area (Å²) >= 11 is 5.88. The van der Waals surface area contributed by atoms with Gasteiger partial charge in [0.1, 0.15) is 0 Å². The second-order valence-corrected chi connectivity index (χ2v) is 5.38. The van der Waals surface area contributed by atoms with Crippen molar-refractivity contribution in [2.24, 2.45) is 0 Å². The number of halogens is 1. The number of nitrogens with zero attached hydrogens (tertiary/aromatic N) is 2. The molecular formula is C15H15ClN2O. The first-order valence-electron chi connectivity index (χ1n) is 6.60. The first kappa shape index (κ1) is 12.4. The first-order chi connectivity index (χ1) is 9.24. The Labute approximate surface area is 116 Å².